The molecule has 0 fully saturated rings. The number of rotatable bonds is 3. The number of nitrogens with two attached hydrogens (primary N) is 1. The van der Waals surface area contributed by atoms with E-state index in [4.69, 9.17) is 11.0 Å². The van der Waals surface area contributed by atoms with Crippen molar-refractivity contribution in [3.63, 3.8) is 0 Å². The summed E-state index contributed by atoms with van der Waals surface area (Å²) in [7, 11) is 0. The molecular weight excluding hydrogens is 236 g/mol. The molecule has 96 valence electrons. The number of nitrogens with zero attached hydrogens (tertiary/aromatic N) is 2. The fourth-order valence-corrected chi connectivity index (χ4v) is 1.91. The van der Waals surface area contributed by atoms with Gasteiger partial charge in [0.1, 0.15) is 11.9 Å². The Morgan fingerprint density at radius 2 is 2.05 bits per heavy atom. The fraction of sp³-hybridized carbons (Fsp3) is 0.200. The van der Waals surface area contributed by atoms with Crippen molar-refractivity contribution >= 4 is 17.2 Å². The number of nitrogen functional groups attached to an aromatic ring is 1. The van der Waals surface area contributed by atoms with Gasteiger partial charge in [0, 0.05) is 5.69 Å². The van der Waals surface area contributed by atoms with Crippen LogP contribution in [0.2, 0.25) is 0 Å². The lowest BCUT2D eigenvalue weighted by molar-refractivity contribution is 0.869. The first kappa shape index (κ1) is 12.9. The van der Waals surface area contributed by atoms with Gasteiger partial charge in [-0.3, -0.25) is 0 Å². The van der Waals surface area contributed by atoms with Crippen LogP contribution in [0.3, 0.4) is 0 Å². The number of hydrogen-bond donors (Lipinski definition) is 2. The molecule has 1 aromatic heterocycles. The first-order chi connectivity index (χ1) is 9.11. The predicted molar refractivity (Wildman–Crippen MR) is 77.2 cm³/mol. The van der Waals surface area contributed by atoms with E-state index in [1.165, 1.54) is 5.56 Å². The molecule has 19 heavy (non-hydrogen) atoms. The molecule has 0 amide bonds. The Morgan fingerprint density at radius 1 is 1.32 bits per heavy atom. The molecule has 0 aliphatic heterocycles. The van der Waals surface area contributed by atoms with Crippen LogP contribution in [0.25, 0.3) is 0 Å². The van der Waals surface area contributed by atoms with Gasteiger partial charge >= 0.3 is 0 Å². The maximum Gasteiger partial charge on any atom is 0.148 e. The van der Waals surface area contributed by atoms with Crippen molar-refractivity contribution in [2.24, 2.45) is 0 Å². The Hall–Kier alpha value is -2.54. The van der Waals surface area contributed by atoms with Gasteiger partial charge in [0.25, 0.3) is 0 Å². The van der Waals surface area contributed by atoms with Crippen LogP contribution < -0.4 is 11.1 Å². The third-order valence-electron chi connectivity index (χ3n) is 2.87. The number of nitrogens with one attached hydrogen (secondary N) is 1. The molecule has 3 N–H and O–H groups in total. The van der Waals surface area contributed by atoms with Crippen molar-refractivity contribution in [1.29, 1.82) is 5.26 Å². The minimum absolute atomic E-state index is 0.392. The van der Waals surface area contributed by atoms with Crippen LogP contribution in [-0.4, -0.2) is 4.98 Å². The second kappa shape index (κ2) is 5.40. The molecule has 0 bridgehead atoms. The maximum absolute atomic E-state index is 9.11. The van der Waals surface area contributed by atoms with Gasteiger partial charge < -0.3 is 11.1 Å². The molecule has 2 aromatic rings. The van der Waals surface area contributed by atoms with Crippen LogP contribution in [0.15, 0.2) is 36.5 Å². The quantitative estimate of drug-likeness (QED) is 0.877. The van der Waals surface area contributed by atoms with Crippen molar-refractivity contribution < 1.29 is 0 Å². The Balaban J connectivity index is 2.40. The van der Waals surface area contributed by atoms with Crippen molar-refractivity contribution in [3.05, 3.63) is 47.7 Å². The molecule has 4 heteroatoms. The van der Waals surface area contributed by atoms with Crippen molar-refractivity contribution in [1.82, 2.24) is 4.98 Å². The van der Waals surface area contributed by atoms with Gasteiger partial charge in [0.05, 0.1) is 17.4 Å². The Bertz CT molecular complexity index is 626. The zero-order chi connectivity index (χ0) is 13.8. The Labute approximate surface area is 112 Å². The number of anilines is 3. The number of hydrogen-bond acceptors (Lipinski definition) is 4. The van der Waals surface area contributed by atoms with Crippen LogP contribution in [0.5, 0.6) is 0 Å². The van der Waals surface area contributed by atoms with Gasteiger partial charge in [-0.05, 0) is 23.6 Å². The molecule has 0 aliphatic carbocycles. The summed E-state index contributed by atoms with van der Waals surface area (Å²) >= 11 is 0. The largest absolute Gasteiger partial charge is 0.397 e. The highest BCUT2D eigenvalue weighted by Gasteiger charge is 2.09. The van der Waals surface area contributed by atoms with Crippen LogP contribution in [-0.2, 0) is 0 Å². The summed E-state index contributed by atoms with van der Waals surface area (Å²) in [5.41, 5.74) is 8.71. The third-order valence-corrected chi connectivity index (χ3v) is 2.87. The topological polar surface area (TPSA) is 74.7 Å². The number of nitriles is 1. The van der Waals surface area contributed by atoms with Crippen LogP contribution in [0, 0.1) is 11.3 Å². The molecule has 0 atom stereocenters. The second-order valence-electron chi connectivity index (χ2n) is 4.64. The van der Waals surface area contributed by atoms with E-state index in [1.807, 2.05) is 18.2 Å². The van der Waals surface area contributed by atoms with Gasteiger partial charge in [-0.2, -0.15) is 5.26 Å². The molecule has 4 nitrogen and oxygen atoms in total. The first-order valence-electron chi connectivity index (χ1n) is 6.13. The molecule has 2 rings (SSSR count). The molecule has 0 radical (unpaired) electrons. The Morgan fingerprint density at radius 3 is 2.74 bits per heavy atom. The SMILES string of the molecule is CC(C)c1ccccc1Nc1ncc(N)cc1C#N. The van der Waals surface area contributed by atoms with E-state index in [9.17, 15) is 0 Å². The number of para-hydroxylation sites is 1. The summed E-state index contributed by atoms with van der Waals surface area (Å²) in [5.74, 6) is 0.924. The van der Waals surface area contributed by atoms with Gasteiger partial charge in [-0.25, -0.2) is 4.98 Å². The molecule has 0 saturated heterocycles. The highest BCUT2D eigenvalue weighted by molar-refractivity contribution is 5.67. The summed E-state index contributed by atoms with van der Waals surface area (Å²) in [5, 5.41) is 12.3. The lowest BCUT2D eigenvalue weighted by Crippen LogP contribution is -2.02. The smallest absolute Gasteiger partial charge is 0.148 e. The minimum atomic E-state index is 0.392. The minimum Gasteiger partial charge on any atom is -0.397 e. The summed E-state index contributed by atoms with van der Waals surface area (Å²) < 4.78 is 0. The predicted octanol–water partition coefficient (Wildman–Crippen LogP) is 3.40. The Kier molecular flexibility index (Phi) is 3.67. The van der Waals surface area contributed by atoms with Gasteiger partial charge in [-0.1, -0.05) is 32.0 Å². The number of aromatic nitrogens is 1. The average Bonchev–Trinajstić information content (AvgIpc) is 2.41. The van der Waals surface area contributed by atoms with Crippen molar-refractivity contribution in [3.8, 4) is 6.07 Å². The number of pyridine rings is 1. The van der Waals surface area contributed by atoms with E-state index in [2.05, 4.69) is 36.3 Å². The third kappa shape index (κ3) is 2.83. The average molecular weight is 252 g/mol. The van der Waals surface area contributed by atoms with E-state index >= 15 is 0 Å². The molecule has 0 spiro atoms. The van der Waals surface area contributed by atoms with Crippen LogP contribution >= 0.6 is 0 Å². The molecule has 0 saturated carbocycles. The van der Waals surface area contributed by atoms with Crippen molar-refractivity contribution in [2.45, 2.75) is 19.8 Å². The van der Waals surface area contributed by atoms with Crippen molar-refractivity contribution in [2.75, 3.05) is 11.1 Å². The standard InChI is InChI=1S/C15H16N4/c1-10(2)13-5-3-4-6-14(13)19-15-11(8-16)7-12(17)9-18-15/h3-7,9-10H,17H2,1-2H3,(H,18,19). The molecule has 0 unspecified atom stereocenters. The van der Waals surface area contributed by atoms with Gasteiger partial charge in [0.2, 0.25) is 0 Å². The van der Waals surface area contributed by atoms with Crippen LogP contribution in [0.4, 0.5) is 17.2 Å². The highest BCUT2D eigenvalue weighted by Crippen LogP contribution is 2.27. The van der Waals surface area contributed by atoms with E-state index in [1.54, 1.807) is 12.3 Å². The number of benzene rings is 1. The van der Waals surface area contributed by atoms with Crippen LogP contribution in [0.1, 0.15) is 30.9 Å². The highest BCUT2D eigenvalue weighted by atomic mass is 15.0. The molecule has 0 aliphatic rings. The second-order valence-corrected chi connectivity index (χ2v) is 4.64. The summed E-state index contributed by atoms with van der Waals surface area (Å²) in [4.78, 5) is 4.19. The van der Waals surface area contributed by atoms with E-state index in [0.29, 0.717) is 23.0 Å². The molecule has 1 heterocycles. The summed E-state index contributed by atoms with van der Waals surface area (Å²) in [6.45, 7) is 4.25. The lowest BCUT2D eigenvalue weighted by Gasteiger charge is -2.14. The summed E-state index contributed by atoms with van der Waals surface area (Å²) in [6.07, 6.45) is 1.54. The zero-order valence-electron chi connectivity index (χ0n) is 11.0. The maximum atomic E-state index is 9.11. The monoisotopic (exact) mass is 252 g/mol. The molecule has 1 aromatic carbocycles. The fourth-order valence-electron chi connectivity index (χ4n) is 1.91. The van der Waals surface area contributed by atoms with E-state index in [-0.39, 0.29) is 0 Å². The zero-order valence-corrected chi connectivity index (χ0v) is 11.0. The van der Waals surface area contributed by atoms with Gasteiger partial charge in [-0.15, -0.1) is 0 Å². The normalized spacial score (nSPS) is 10.2. The molecular formula is C15H16N4. The van der Waals surface area contributed by atoms with E-state index in [0.717, 1.165) is 5.69 Å². The van der Waals surface area contributed by atoms with E-state index < -0.39 is 0 Å². The lowest BCUT2D eigenvalue weighted by atomic mass is 10.0. The van der Waals surface area contributed by atoms with Gasteiger partial charge in [0.15, 0.2) is 0 Å². The first-order valence-corrected chi connectivity index (χ1v) is 6.13. The summed E-state index contributed by atoms with van der Waals surface area (Å²) in [6, 6.07) is 11.7.